The molecule has 0 bridgehead atoms. The zero-order valence-corrected chi connectivity index (χ0v) is 15.4. The fourth-order valence-corrected chi connectivity index (χ4v) is 3.13. The molecule has 0 aliphatic rings. The molecule has 0 atom stereocenters. The second-order valence-corrected chi connectivity index (χ2v) is 6.49. The van der Waals surface area contributed by atoms with Gasteiger partial charge in [-0.25, -0.2) is 9.78 Å². The lowest BCUT2D eigenvalue weighted by molar-refractivity contribution is 0.262. The van der Waals surface area contributed by atoms with Gasteiger partial charge >= 0.3 is 6.03 Å². The van der Waals surface area contributed by atoms with Crippen LogP contribution in [0.2, 0.25) is 0 Å². The van der Waals surface area contributed by atoms with Gasteiger partial charge in [0.2, 0.25) is 5.88 Å². The lowest BCUT2D eigenvalue weighted by atomic mass is 10.3. The van der Waals surface area contributed by atoms with Gasteiger partial charge in [0.1, 0.15) is 22.4 Å². The van der Waals surface area contributed by atoms with Gasteiger partial charge in [0.25, 0.3) is 0 Å². The first-order valence-corrected chi connectivity index (χ1v) is 9.28. The minimum atomic E-state index is -0.434. The molecule has 0 spiro atoms. The first kappa shape index (κ1) is 17.6. The van der Waals surface area contributed by atoms with Gasteiger partial charge in [-0.1, -0.05) is 24.3 Å². The van der Waals surface area contributed by atoms with Gasteiger partial charge in [-0.2, -0.15) is 4.98 Å². The van der Waals surface area contributed by atoms with Crippen molar-refractivity contribution in [2.75, 3.05) is 10.6 Å². The van der Waals surface area contributed by atoms with E-state index in [1.165, 1.54) is 11.3 Å². The Kier molecular flexibility index (Phi) is 5.21. The molecule has 0 saturated carbocycles. The Hall–Kier alpha value is -3.78. The van der Waals surface area contributed by atoms with Crippen LogP contribution in [0.4, 0.5) is 16.4 Å². The first-order valence-electron chi connectivity index (χ1n) is 8.40. The molecule has 1 aromatic carbocycles. The van der Waals surface area contributed by atoms with E-state index in [-0.39, 0.29) is 0 Å². The van der Waals surface area contributed by atoms with Crippen LogP contribution in [0.15, 0.2) is 78.4 Å². The summed E-state index contributed by atoms with van der Waals surface area (Å²) in [6.07, 6.45) is 3.40. The number of thiazole rings is 1. The van der Waals surface area contributed by atoms with Crippen molar-refractivity contribution in [2.24, 2.45) is 0 Å². The minimum Gasteiger partial charge on any atom is -0.439 e. The summed E-state index contributed by atoms with van der Waals surface area (Å²) < 4.78 is 5.67. The van der Waals surface area contributed by atoms with Crippen molar-refractivity contribution in [3.05, 3.63) is 78.4 Å². The molecule has 2 N–H and O–H groups in total. The molecule has 4 rings (SSSR count). The van der Waals surface area contributed by atoms with Crippen LogP contribution in [-0.2, 0) is 0 Å². The monoisotopic (exact) mass is 389 g/mol. The number of nitrogens with zero attached hydrogens (tertiary/aromatic N) is 3. The lowest BCUT2D eigenvalue weighted by Crippen LogP contribution is -2.20. The van der Waals surface area contributed by atoms with Gasteiger partial charge in [0.05, 0.1) is 0 Å². The number of ether oxygens (including phenoxy) is 1. The van der Waals surface area contributed by atoms with E-state index in [2.05, 4.69) is 25.6 Å². The highest BCUT2D eigenvalue weighted by Gasteiger charge is 2.09. The Morgan fingerprint density at radius 3 is 2.46 bits per heavy atom. The topological polar surface area (TPSA) is 89.0 Å². The van der Waals surface area contributed by atoms with Crippen LogP contribution in [0.5, 0.6) is 11.6 Å². The number of nitrogens with one attached hydrogen (secondary N) is 2. The number of amides is 2. The van der Waals surface area contributed by atoms with Gasteiger partial charge in [-0.3, -0.25) is 15.6 Å². The highest BCUT2D eigenvalue weighted by Crippen LogP contribution is 2.25. The highest BCUT2D eigenvalue weighted by atomic mass is 32.1. The molecule has 0 aliphatic heterocycles. The number of pyridine rings is 2. The van der Waals surface area contributed by atoms with Crippen LogP contribution in [0.25, 0.3) is 10.6 Å². The Labute approximate surface area is 165 Å². The quantitative estimate of drug-likeness (QED) is 0.499. The van der Waals surface area contributed by atoms with E-state index >= 15 is 0 Å². The Morgan fingerprint density at radius 2 is 1.64 bits per heavy atom. The van der Waals surface area contributed by atoms with Crippen LogP contribution in [0.1, 0.15) is 0 Å². The molecule has 4 aromatic rings. The molecule has 7 nitrogen and oxygen atoms in total. The third-order valence-electron chi connectivity index (χ3n) is 3.60. The van der Waals surface area contributed by atoms with E-state index in [1.807, 2.05) is 42.5 Å². The van der Waals surface area contributed by atoms with Crippen LogP contribution in [0.3, 0.4) is 0 Å². The van der Waals surface area contributed by atoms with Gasteiger partial charge in [-0.15, -0.1) is 11.3 Å². The highest BCUT2D eigenvalue weighted by molar-refractivity contribution is 7.13. The van der Waals surface area contributed by atoms with E-state index in [0.29, 0.717) is 23.3 Å². The van der Waals surface area contributed by atoms with Crippen molar-refractivity contribution in [3.8, 4) is 22.2 Å². The smallest absolute Gasteiger partial charge is 0.326 e. The van der Waals surface area contributed by atoms with Crippen molar-refractivity contribution in [1.82, 2.24) is 15.0 Å². The average molecular weight is 389 g/mol. The molecular weight excluding hydrogens is 374 g/mol. The number of benzene rings is 1. The lowest BCUT2D eigenvalue weighted by Gasteiger charge is -2.08. The summed E-state index contributed by atoms with van der Waals surface area (Å²) in [5.74, 6) is 1.89. The number of para-hydroxylation sites is 1. The molecule has 8 heteroatoms. The third-order valence-corrected chi connectivity index (χ3v) is 4.50. The molecule has 0 fully saturated rings. The number of anilines is 2. The maximum absolute atomic E-state index is 12.2. The van der Waals surface area contributed by atoms with E-state index in [9.17, 15) is 4.79 Å². The van der Waals surface area contributed by atoms with Crippen molar-refractivity contribution >= 4 is 29.0 Å². The number of hydrogen-bond acceptors (Lipinski definition) is 6. The van der Waals surface area contributed by atoms with Gasteiger partial charge < -0.3 is 4.74 Å². The second kappa shape index (κ2) is 8.28. The average Bonchev–Trinajstić information content (AvgIpc) is 3.18. The van der Waals surface area contributed by atoms with E-state index < -0.39 is 6.03 Å². The van der Waals surface area contributed by atoms with Crippen LogP contribution >= 0.6 is 11.3 Å². The van der Waals surface area contributed by atoms with Crippen LogP contribution in [0, 0.1) is 0 Å². The molecule has 0 unspecified atom stereocenters. The maximum atomic E-state index is 12.2. The molecule has 3 heterocycles. The summed E-state index contributed by atoms with van der Waals surface area (Å²) in [7, 11) is 0. The number of carbonyl (C=O) groups excluding carboxylic acids is 1. The summed E-state index contributed by atoms with van der Waals surface area (Å²) in [5, 5.41) is 7.96. The second-order valence-electron chi connectivity index (χ2n) is 5.63. The van der Waals surface area contributed by atoms with Crippen LogP contribution in [-0.4, -0.2) is 21.0 Å². The molecule has 0 aliphatic carbocycles. The molecule has 0 radical (unpaired) electrons. The SMILES string of the molecule is O=C(Nc1cccc(Oc2ccccc2)n1)Nc1csc(-c2ccncc2)n1. The Balaban J connectivity index is 1.39. The van der Waals surface area contributed by atoms with Gasteiger partial charge in [-0.05, 0) is 30.3 Å². The van der Waals surface area contributed by atoms with Gasteiger partial charge in [0, 0.05) is 29.4 Å². The number of rotatable bonds is 5. The third kappa shape index (κ3) is 4.49. The predicted octanol–water partition coefficient (Wildman–Crippen LogP) is 5.04. The summed E-state index contributed by atoms with van der Waals surface area (Å²) in [6, 6.07) is 17.8. The number of urea groups is 1. The fraction of sp³-hybridized carbons (Fsp3) is 0. The van der Waals surface area contributed by atoms with Crippen LogP contribution < -0.4 is 15.4 Å². The van der Waals surface area contributed by atoms with Crippen molar-refractivity contribution < 1.29 is 9.53 Å². The fourth-order valence-electron chi connectivity index (χ4n) is 2.37. The van der Waals surface area contributed by atoms with Crippen molar-refractivity contribution in [2.45, 2.75) is 0 Å². The van der Waals surface area contributed by atoms with E-state index in [0.717, 1.165) is 10.6 Å². The number of aromatic nitrogens is 3. The standard InChI is InChI=1S/C20H15N5O2S/c26-20(25-17-13-28-19(23-17)14-9-11-21-12-10-14)24-16-7-4-8-18(22-16)27-15-5-2-1-3-6-15/h1-13H,(H2,22,24,25,26). The molecule has 0 saturated heterocycles. The molecule has 28 heavy (non-hydrogen) atoms. The number of hydrogen-bond donors (Lipinski definition) is 2. The Morgan fingerprint density at radius 1 is 0.857 bits per heavy atom. The van der Waals surface area contributed by atoms with Crippen molar-refractivity contribution in [1.29, 1.82) is 0 Å². The zero-order valence-electron chi connectivity index (χ0n) is 14.6. The molecule has 138 valence electrons. The summed E-state index contributed by atoms with van der Waals surface area (Å²) >= 11 is 1.44. The Bertz CT molecular complexity index is 1070. The van der Waals surface area contributed by atoms with Gasteiger partial charge in [0.15, 0.2) is 0 Å². The summed E-state index contributed by atoms with van der Waals surface area (Å²) in [4.78, 5) is 24.9. The van der Waals surface area contributed by atoms with Crippen molar-refractivity contribution in [3.63, 3.8) is 0 Å². The maximum Gasteiger partial charge on any atom is 0.326 e. The van der Waals surface area contributed by atoms with E-state index in [4.69, 9.17) is 4.74 Å². The molecular formula is C20H15N5O2S. The van der Waals surface area contributed by atoms with E-state index in [1.54, 1.807) is 36.0 Å². The first-order chi connectivity index (χ1) is 13.8. The summed E-state index contributed by atoms with van der Waals surface area (Å²) in [5.41, 5.74) is 0.945. The minimum absolute atomic E-state index is 0.371. The summed E-state index contributed by atoms with van der Waals surface area (Å²) in [6.45, 7) is 0. The zero-order chi connectivity index (χ0) is 19.2. The normalized spacial score (nSPS) is 10.3. The molecule has 3 aromatic heterocycles. The molecule has 2 amide bonds. The largest absolute Gasteiger partial charge is 0.439 e. The number of carbonyl (C=O) groups is 1. The predicted molar refractivity (Wildman–Crippen MR) is 109 cm³/mol.